The Labute approximate surface area is 106 Å². The third kappa shape index (κ3) is 2.37. The molecule has 1 heterocycles. The quantitative estimate of drug-likeness (QED) is 0.379. The topological polar surface area (TPSA) is 83.3 Å². The minimum atomic E-state index is -1.57. The Morgan fingerprint density at radius 3 is 2.11 bits per heavy atom. The summed E-state index contributed by atoms with van der Waals surface area (Å²) in [6, 6.07) is 0. The summed E-state index contributed by atoms with van der Waals surface area (Å²) in [4.78, 5) is 28.1. The standard InChI is InChI=1S/C11H6N2O4S/c1-5-7(4-6(10(14)15)11(16)17)18-9(13-3)8(5)12-2/h4H,1H3,(H,14,15)(H,16,17). The zero-order chi connectivity index (χ0) is 13.9. The van der Waals surface area contributed by atoms with Crippen molar-refractivity contribution in [3.05, 3.63) is 38.8 Å². The SMILES string of the molecule is [C-]#[N+]c1sc(C=C(C(=O)O)C(=O)O)c(C)c1[N+]#[C-]. The van der Waals surface area contributed by atoms with E-state index < -0.39 is 17.5 Å². The van der Waals surface area contributed by atoms with Gasteiger partial charge < -0.3 is 10.2 Å². The van der Waals surface area contributed by atoms with Crippen LogP contribution in [0, 0.1) is 20.1 Å². The largest absolute Gasteiger partial charge is 0.477 e. The highest BCUT2D eigenvalue weighted by molar-refractivity contribution is 7.18. The zero-order valence-electron chi connectivity index (χ0n) is 9.09. The third-order valence-electron chi connectivity index (χ3n) is 2.08. The van der Waals surface area contributed by atoms with Gasteiger partial charge in [0.15, 0.2) is 0 Å². The molecule has 0 aliphatic heterocycles. The first kappa shape index (κ1) is 13.4. The fourth-order valence-electron chi connectivity index (χ4n) is 1.20. The molecular weight excluding hydrogens is 256 g/mol. The third-order valence-corrected chi connectivity index (χ3v) is 3.21. The highest BCUT2D eigenvalue weighted by Gasteiger charge is 2.19. The van der Waals surface area contributed by atoms with Crippen molar-refractivity contribution in [3.8, 4) is 0 Å². The molecule has 1 aromatic heterocycles. The molecule has 0 spiro atoms. The van der Waals surface area contributed by atoms with Crippen molar-refractivity contribution >= 4 is 40.0 Å². The second-order valence-electron chi connectivity index (χ2n) is 3.14. The van der Waals surface area contributed by atoms with Crippen LogP contribution < -0.4 is 0 Å². The maximum Gasteiger partial charge on any atom is 0.343 e. The molecule has 0 aliphatic carbocycles. The Bertz CT molecular complexity index is 627. The van der Waals surface area contributed by atoms with E-state index in [2.05, 4.69) is 9.69 Å². The normalized spacial score (nSPS) is 9.06. The van der Waals surface area contributed by atoms with E-state index >= 15 is 0 Å². The monoisotopic (exact) mass is 262 g/mol. The molecule has 90 valence electrons. The highest BCUT2D eigenvalue weighted by Crippen LogP contribution is 2.42. The molecule has 0 atom stereocenters. The molecule has 0 radical (unpaired) electrons. The molecule has 0 saturated heterocycles. The number of aliphatic carboxylic acids is 2. The van der Waals surface area contributed by atoms with Crippen molar-refractivity contribution in [2.24, 2.45) is 0 Å². The van der Waals surface area contributed by atoms with E-state index in [0.29, 0.717) is 10.4 Å². The van der Waals surface area contributed by atoms with Crippen LogP contribution in [0.2, 0.25) is 0 Å². The van der Waals surface area contributed by atoms with E-state index in [-0.39, 0.29) is 10.7 Å². The molecule has 0 aromatic carbocycles. The number of rotatable bonds is 3. The van der Waals surface area contributed by atoms with Gasteiger partial charge in [0.2, 0.25) is 10.7 Å². The van der Waals surface area contributed by atoms with Crippen LogP contribution >= 0.6 is 11.3 Å². The molecule has 6 nitrogen and oxygen atoms in total. The first-order valence-corrected chi connectivity index (χ1v) is 5.30. The Hall–Kier alpha value is -2.64. The van der Waals surface area contributed by atoms with Crippen molar-refractivity contribution in [1.29, 1.82) is 0 Å². The number of carbonyl (C=O) groups is 2. The molecule has 1 rings (SSSR count). The van der Waals surface area contributed by atoms with Gasteiger partial charge in [-0.15, -0.1) is 0 Å². The Kier molecular flexibility index (Phi) is 3.82. The Balaban J connectivity index is 3.46. The van der Waals surface area contributed by atoms with E-state index in [1.807, 2.05) is 0 Å². The van der Waals surface area contributed by atoms with Gasteiger partial charge in [0.05, 0.1) is 13.1 Å². The van der Waals surface area contributed by atoms with Gasteiger partial charge in [-0.25, -0.2) is 19.3 Å². The molecule has 1 aromatic rings. The molecule has 0 unspecified atom stereocenters. The molecule has 0 saturated carbocycles. The van der Waals surface area contributed by atoms with E-state index in [1.165, 1.54) is 0 Å². The predicted octanol–water partition coefficient (Wildman–Crippen LogP) is 2.71. The second-order valence-corrected chi connectivity index (χ2v) is 4.17. The molecule has 0 fully saturated rings. The van der Waals surface area contributed by atoms with Gasteiger partial charge in [-0.05, 0) is 18.6 Å². The smallest absolute Gasteiger partial charge is 0.343 e. The summed E-state index contributed by atoms with van der Waals surface area (Å²) in [5, 5.41) is 17.6. The number of nitrogens with zero attached hydrogens (tertiary/aromatic N) is 2. The first-order chi connectivity index (χ1) is 8.42. The van der Waals surface area contributed by atoms with Crippen molar-refractivity contribution in [3.63, 3.8) is 0 Å². The lowest BCUT2D eigenvalue weighted by Crippen LogP contribution is -2.10. The van der Waals surface area contributed by atoms with Crippen LogP contribution in [0.1, 0.15) is 10.4 Å². The van der Waals surface area contributed by atoms with Crippen LogP contribution in [-0.4, -0.2) is 22.2 Å². The Morgan fingerprint density at radius 1 is 1.22 bits per heavy atom. The van der Waals surface area contributed by atoms with Crippen LogP contribution in [0.15, 0.2) is 5.57 Å². The molecule has 2 N–H and O–H groups in total. The maximum absolute atomic E-state index is 10.7. The van der Waals surface area contributed by atoms with Crippen LogP contribution in [0.3, 0.4) is 0 Å². The summed E-state index contributed by atoms with van der Waals surface area (Å²) in [7, 11) is 0. The fourth-order valence-corrected chi connectivity index (χ4v) is 2.17. The minimum Gasteiger partial charge on any atom is -0.477 e. The van der Waals surface area contributed by atoms with E-state index in [4.69, 9.17) is 23.4 Å². The second kappa shape index (κ2) is 5.13. The van der Waals surface area contributed by atoms with Crippen molar-refractivity contribution in [2.45, 2.75) is 6.92 Å². The fraction of sp³-hybridized carbons (Fsp3) is 0.0909. The van der Waals surface area contributed by atoms with Crippen molar-refractivity contribution < 1.29 is 19.8 Å². The number of carboxylic acids is 2. The number of hydrogen-bond acceptors (Lipinski definition) is 3. The number of hydrogen-bond donors (Lipinski definition) is 2. The number of thiophene rings is 1. The lowest BCUT2D eigenvalue weighted by molar-refractivity contribution is -0.139. The van der Waals surface area contributed by atoms with Gasteiger partial charge in [-0.3, -0.25) is 0 Å². The molecule has 7 heteroatoms. The van der Waals surface area contributed by atoms with Gasteiger partial charge in [-0.2, -0.15) is 11.3 Å². The molecule has 0 aliphatic rings. The summed E-state index contributed by atoms with van der Waals surface area (Å²) in [6.45, 7) is 15.4. The van der Waals surface area contributed by atoms with Gasteiger partial charge in [-0.1, -0.05) is 0 Å². The van der Waals surface area contributed by atoms with Crippen LogP contribution in [0.5, 0.6) is 0 Å². The van der Waals surface area contributed by atoms with E-state index in [1.54, 1.807) is 6.92 Å². The first-order valence-electron chi connectivity index (χ1n) is 4.49. The number of carboxylic acid groups (broad SMARTS) is 2. The average Bonchev–Trinajstić information content (AvgIpc) is 2.61. The lowest BCUT2D eigenvalue weighted by atomic mass is 10.2. The van der Waals surface area contributed by atoms with Crippen LogP contribution in [0.4, 0.5) is 10.7 Å². The highest BCUT2D eigenvalue weighted by atomic mass is 32.1. The molecule has 0 amide bonds. The summed E-state index contributed by atoms with van der Waals surface area (Å²) >= 11 is 0.903. The maximum atomic E-state index is 10.7. The van der Waals surface area contributed by atoms with Crippen LogP contribution in [-0.2, 0) is 9.59 Å². The van der Waals surface area contributed by atoms with E-state index in [0.717, 1.165) is 17.4 Å². The summed E-state index contributed by atoms with van der Waals surface area (Å²) in [5.74, 6) is -3.13. The average molecular weight is 262 g/mol. The summed E-state index contributed by atoms with van der Waals surface area (Å²) < 4.78 is 0. The summed E-state index contributed by atoms with van der Waals surface area (Å²) in [5.41, 5.74) is -0.246. The van der Waals surface area contributed by atoms with Gasteiger partial charge in [0.25, 0.3) is 0 Å². The van der Waals surface area contributed by atoms with Gasteiger partial charge >= 0.3 is 11.9 Å². The molecule has 0 bridgehead atoms. The zero-order valence-corrected chi connectivity index (χ0v) is 9.91. The van der Waals surface area contributed by atoms with Crippen LogP contribution in [0.25, 0.3) is 15.8 Å². The summed E-state index contributed by atoms with van der Waals surface area (Å²) in [6.07, 6.45) is 0.966. The molecular formula is C11H6N2O4S. The van der Waals surface area contributed by atoms with Gasteiger partial charge in [0, 0.05) is 4.88 Å². The van der Waals surface area contributed by atoms with Gasteiger partial charge in [0.1, 0.15) is 5.57 Å². The predicted molar refractivity (Wildman–Crippen MR) is 64.8 cm³/mol. The van der Waals surface area contributed by atoms with Crippen molar-refractivity contribution in [1.82, 2.24) is 0 Å². The Morgan fingerprint density at radius 2 is 1.78 bits per heavy atom. The molecule has 18 heavy (non-hydrogen) atoms. The minimum absolute atomic E-state index is 0.129. The lowest BCUT2D eigenvalue weighted by Gasteiger charge is -1.96. The van der Waals surface area contributed by atoms with E-state index in [9.17, 15) is 9.59 Å². The van der Waals surface area contributed by atoms with Crippen molar-refractivity contribution in [2.75, 3.05) is 0 Å².